The number of carbonyl (C=O) groups is 1. The molecule has 3 aromatic rings. The minimum atomic E-state index is -0.300. The molecule has 1 aliphatic heterocycles. The molecule has 0 aliphatic carbocycles. The van der Waals surface area contributed by atoms with E-state index < -0.39 is 0 Å². The van der Waals surface area contributed by atoms with Gasteiger partial charge in [-0.05, 0) is 40.6 Å². The van der Waals surface area contributed by atoms with Gasteiger partial charge in [-0.3, -0.25) is 4.98 Å². The number of hydrogen-bond acceptors (Lipinski definition) is 5. The summed E-state index contributed by atoms with van der Waals surface area (Å²) in [6.07, 6.45) is 5.33. The molecule has 23 heavy (non-hydrogen) atoms. The summed E-state index contributed by atoms with van der Waals surface area (Å²) in [4.78, 5) is 18.5. The lowest BCUT2D eigenvalue weighted by Gasteiger charge is -2.02. The Morgan fingerprint density at radius 2 is 1.70 bits per heavy atom. The summed E-state index contributed by atoms with van der Waals surface area (Å²) in [5.74, 6) is 0.278. The summed E-state index contributed by atoms with van der Waals surface area (Å²) in [6, 6.07) is 11.7. The monoisotopic (exact) mass is 337 g/mol. The van der Waals surface area contributed by atoms with Gasteiger partial charge in [0.25, 0.3) is 0 Å². The van der Waals surface area contributed by atoms with E-state index in [2.05, 4.69) is 4.98 Å². The third-order valence-electron chi connectivity index (χ3n) is 3.42. The van der Waals surface area contributed by atoms with Crippen LogP contribution in [0.3, 0.4) is 0 Å². The number of carbonyl (C=O) groups excluding carboxylic acids is 1. The Morgan fingerprint density at radius 3 is 2.30 bits per heavy atom. The van der Waals surface area contributed by atoms with Gasteiger partial charge >= 0.3 is 5.97 Å². The Hall–Kier alpha value is -2.50. The molecule has 4 heterocycles. The second-order valence-electron chi connectivity index (χ2n) is 4.89. The SMILES string of the molecule is O=C1O/C(=C\c2cccnc2)C(c2cccs2)=C1c1cccs1. The van der Waals surface area contributed by atoms with E-state index in [1.54, 1.807) is 23.7 Å². The maximum absolute atomic E-state index is 12.5. The molecule has 112 valence electrons. The number of rotatable bonds is 3. The molecule has 5 heteroatoms. The average Bonchev–Trinajstić information content (AvgIpc) is 3.28. The van der Waals surface area contributed by atoms with Gasteiger partial charge in [0.05, 0.1) is 11.1 Å². The van der Waals surface area contributed by atoms with Crippen molar-refractivity contribution in [1.82, 2.24) is 4.98 Å². The van der Waals surface area contributed by atoms with Gasteiger partial charge in [-0.25, -0.2) is 4.79 Å². The maximum atomic E-state index is 12.5. The lowest BCUT2D eigenvalue weighted by Crippen LogP contribution is -1.96. The summed E-state index contributed by atoms with van der Waals surface area (Å²) in [6.45, 7) is 0. The van der Waals surface area contributed by atoms with Crippen molar-refractivity contribution in [3.05, 3.63) is 80.6 Å². The van der Waals surface area contributed by atoms with Gasteiger partial charge in [0.15, 0.2) is 0 Å². The fraction of sp³-hybridized carbons (Fsp3) is 0. The van der Waals surface area contributed by atoms with Crippen molar-refractivity contribution in [2.24, 2.45) is 0 Å². The molecule has 3 nitrogen and oxygen atoms in total. The lowest BCUT2D eigenvalue weighted by atomic mass is 10.0. The Kier molecular flexibility index (Phi) is 3.65. The van der Waals surface area contributed by atoms with Crippen molar-refractivity contribution >= 4 is 45.9 Å². The van der Waals surface area contributed by atoms with E-state index >= 15 is 0 Å². The van der Waals surface area contributed by atoms with Crippen molar-refractivity contribution in [2.45, 2.75) is 0 Å². The molecule has 0 bridgehead atoms. The molecule has 0 atom stereocenters. The summed E-state index contributed by atoms with van der Waals surface area (Å²) in [5.41, 5.74) is 2.39. The average molecular weight is 337 g/mol. The second kappa shape index (κ2) is 5.95. The first kappa shape index (κ1) is 14.1. The first-order chi connectivity index (χ1) is 11.3. The first-order valence-electron chi connectivity index (χ1n) is 6.99. The highest BCUT2D eigenvalue weighted by Crippen LogP contribution is 2.43. The number of ether oxygens (including phenoxy) is 1. The van der Waals surface area contributed by atoms with Crippen molar-refractivity contribution < 1.29 is 9.53 Å². The molecule has 0 fully saturated rings. The zero-order chi connectivity index (χ0) is 15.6. The summed E-state index contributed by atoms with van der Waals surface area (Å²) < 4.78 is 5.57. The van der Waals surface area contributed by atoms with E-state index in [1.807, 2.05) is 53.2 Å². The predicted octanol–water partition coefficient (Wildman–Crippen LogP) is 4.71. The molecule has 0 saturated carbocycles. The number of thiophene rings is 2. The van der Waals surface area contributed by atoms with Crippen molar-refractivity contribution in [1.29, 1.82) is 0 Å². The quantitative estimate of drug-likeness (QED) is 0.650. The Morgan fingerprint density at radius 1 is 0.957 bits per heavy atom. The number of cyclic esters (lactones) is 1. The van der Waals surface area contributed by atoms with E-state index in [0.29, 0.717) is 11.3 Å². The van der Waals surface area contributed by atoms with Gasteiger partial charge in [0, 0.05) is 22.1 Å². The highest BCUT2D eigenvalue weighted by Gasteiger charge is 2.33. The predicted molar refractivity (Wildman–Crippen MR) is 93.8 cm³/mol. The first-order valence-corrected chi connectivity index (χ1v) is 8.75. The highest BCUT2D eigenvalue weighted by molar-refractivity contribution is 7.12. The molecule has 0 unspecified atom stereocenters. The molecular formula is C18H11NO2S2. The van der Waals surface area contributed by atoms with Crippen LogP contribution in [-0.2, 0) is 9.53 Å². The van der Waals surface area contributed by atoms with Gasteiger partial charge in [-0.2, -0.15) is 0 Å². The third kappa shape index (κ3) is 2.65. The molecule has 0 aromatic carbocycles. The molecule has 0 N–H and O–H groups in total. The van der Waals surface area contributed by atoms with E-state index in [9.17, 15) is 4.79 Å². The minimum absolute atomic E-state index is 0.300. The van der Waals surface area contributed by atoms with Crippen LogP contribution in [0.2, 0.25) is 0 Å². The largest absolute Gasteiger partial charge is 0.422 e. The van der Waals surface area contributed by atoms with E-state index in [4.69, 9.17) is 4.74 Å². The van der Waals surface area contributed by atoms with Gasteiger partial charge in [-0.1, -0.05) is 18.2 Å². The highest BCUT2D eigenvalue weighted by atomic mass is 32.1. The van der Waals surface area contributed by atoms with Gasteiger partial charge in [0.1, 0.15) is 5.76 Å². The van der Waals surface area contributed by atoms with Crippen LogP contribution in [0, 0.1) is 0 Å². The van der Waals surface area contributed by atoms with Crippen LogP contribution in [0.25, 0.3) is 17.2 Å². The molecule has 4 rings (SSSR count). The smallest absolute Gasteiger partial charge is 0.345 e. The number of esters is 1. The standard InChI is InChI=1S/C18H11NO2S2/c20-18-17(15-6-3-9-23-15)16(14-5-2-8-22-14)13(21-18)10-12-4-1-7-19-11-12/h1-11H/b13-10-. The van der Waals surface area contributed by atoms with Gasteiger partial charge in [-0.15, -0.1) is 22.7 Å². The van der Waals surface area contributed by atoms with Crippen LogP contribution in [0.5, 0.6) is 0 Å². The molecule has 1 aliphatic rings. The van der Waals surface area contributed by atoms with Crippen LogP contribution < -0.4 is 0 Å². The molecule has 0 amide bonds. The number of hydrogen-bond donors (Lipinski definition) is 0. The Labute approximate surface area is 141 Å². The second-order valence-corrected chi connectivity index (χ2v) is 6.78. The number of allylic oxidation sites excluding steroid dienone is 1. The zero-order valence-corrected chi connectivity index (χ0v) is 13.6. The van der Waals surface area contributed by atoms with E-state index in [1.165, 1.54) is 11.3 Å². The fourth-order valence-corrected chi connectivity index (χ4v) is 4.00. The van der Waals surface area contributed by atoms with Crippen LogP contribution in [0.1, 0.15) is 15.3 Å². The topological polar surface area (TPSA) is 39.2 Å². The van der Waals surface area contributed by atoms with Crippen molar-refractivity contribution in [2.75, 3.05) is 0 Å². The van der Waals surface area contributed by atoms with Crippen LogP contribution in [0.4, 0.5) is 0 Å². The fourth-order valence-electron chi connectivity index (χ4n) is 2.45. The van der Waals surface area contributed by atoms with Gasteiger partial charge in [0.2, 0.25) is 0 Å². The van der Waals surface area contributed by atoms with Crippen molar-refractivity contribution in [3.63, 3.8) is 0 Å². The molecule has 3 aromatic heterocycles. The molecule has 0 saturated heterocycles. The Bertz CT molecular complexity index is 892. The third-order valence-corrected chi connectivity index (χ3v) is 5.20. The number of nitrogens with zero attached hydrogens (tertiary/aromatic N) is 1. The van der Waals surface area contributed by atoms with Crippen LogP contribution in [-0.4, -0.2) is 11.0 Å². The van der Waals surface area contributed by atoms with Gasteiger partial charge < -0.3 is 4.74 Å². The molecule has 0 spiro atoms. The van der Waals surface area contributed by atoms with E-state index in [-0.39, 0.29) is 5.97 Å². The number of aromatic nitrogens is 1. The maximum Gasteiger partial charge on any atom is 0.345 e. The van der Waals surface area contributed by atoms with Crippen molar-refractivity contribution in [3.8, 4) is 0 Å². The van der Waals surface area contributed by atoms with Crippen LogP contribution >= 0.6 is 22.7 Å². The lowest BCUT2D eigenvalue weighted by molar-refractivity contribution is -0.131. The Balaban J connectivity index is 1.91. The normalized spacial score (nSPS) is 16.2. The molecule has 0 radical (unpaired) electrons. The number of pyridine rings is 1. The van der Waals surface area contributed by atoms with Crippen LogP contribution in [0.15, 0.2) is 65.3 Å². The minimum Gasteiger partial charge on any atom is -0.422 e. The molecular weight excluding hydrogens is 326 g/mol. The zero-order valence-electron chi connectivity index (χ0n) is 11.9. The summed E-state index contributed by atoms with van der Waals surface area (Å²) in [7, 11) is 0. The van der Waals surface area contributed by atoms with E-state index in [0.717, 1.165) is 20.9 Å². The summed E-state index contributed by atoms with van der Waals surface area (Å²) >= 11 is 3.14. The summed E-state index contributed by atoms with van der Waals surface area (Å²) in [5, 5.41) is 3.96.